The van der Waals surface area contributed by atoms with E-state index in [2.05, 4.69) is 15.6 Å². The molecule has 0 saturated carbocycles. The van der Waals surface area contributed by atoms with E-state index < -0.39 is 29.3 Å². The van der Waals surface area contributed by atoms with Crippen LogP contribution < -0.4 is 16.4 Å². The Kier molecular flexibility index (Phi) is 9.02. The number of ether oxygens (including phenoxy) is 2. The van der Waals surface area contributed by atoms with Gasteiger partial charge in [0.05, 0.1) is 11.9 Å². The number of nitrogens with one attached hydrogen (secondary N) is 2. The predicted molar refractivity (Wildman–Crippen MR) is 114 cm³/mol. The Morgan fingerprint density at radius 3 is 2.06 bits per heavy atom. The molecule has 0 aromatic carbocycles. The summed E-state index contributed by atoms with van der Waals surface area (Å²) in [6, 6.07) is -0.218. The lowest BCUT2D eigenvalue weighted by atomic mass is 10.1. The van der Waals surface area contributed by atoms with Gasteiger partial charge in [-0.3, -0.25) is 9.59 Å². The number of hydrogen-bond acceptors (Lipinski definition) is 7. The summed E-state index contributed by atoms with van der Waals surface area (Å²) >= 11 is 0. The SMILES string of the molecule is CC(C)(C)OC(=O)/N=C/C(NC=O)=C(\N)C(=O)NC1CCN(C(=O)OC(C)(C)C)CC1. The van der Waals surface area contributed by atoms with Crippen LogP contribution >= 0.6 is 0 Å². The summed E-state index contributed by atoms with van der Waals surface area (Å²) in [7, 11) is 0. The number of allylic oxidation sites excluding steroid dienone is 1. The maximum absolute atomic E-state index is 12.5. The lowest BCUT2D eigenvalue weighted by molar-refractivity contribution is -0.118. The minimum Gasteiger partial charge on any atom is -0.444 e. The standard InChI is InChI=1S/C20H33N5O6/c1-19(2,3)30-17(28)22-11-14(23-12-26)15(21)16(27)24-13-7-9-25(10-8-13)18(29)31-20(4,5)6/h11-13H,7-10,21H2,1-6H3,(H,23,26)(H,24,27)/b15-14+,22-11+. The number of hydrogen-bond donors (Lipinski definition) is 3. The highest BCUT2D eigenvalue weighted by atomic mass is 16.6. The molecule has 1 fully saturated rings. The number of nitrogens with zero attached hydrogens (tertiary/aromatic N) is 2. The molecule has 4 amide bonds. The highest BCUT2D eigenvalue weighted by molar-refractivity contribution is 6.01. The lowest BCUT2D eigenvalue weighted by Gasteiger charge is -2.33. The summed E-state index contributed by atoms with van der Waals surface area (Å²) in [5.74, 6) is -0.629. The van der Waals surface area contributed by atoms with Crippen LogP contribution in [0.25, 0.3) is 0 Å². The number of likely N-dealkylation sites (tertiary alicyclic amines) is 1. The second kappa shape index (κ2) is 10.8. The van der Waals surface area contributed by atoms with Gasteiger partial charge in [0.1, 0.15) is 16.9 Å². The number of carbonyl (C=O) groups excluding carboxylic acids is 4. The number of amides is 4. The van der Waals surface area contributed by atoms with Gasteiger partial charge < -0.3 is 30.7 Å². The van der Waals surface area contributed by atoms with Crippen LogP contribution in [0, 0.1) is 0 Å². The molecule has 0 atom stereocenters. The first-order valence-electron chi connectivity index (χ1n) is 9.97. The zero-order chi connectivity index (χ0) is 23.8. The Hall–Kier alpha value is -3.11. The Bertz CT molecular complexity index is 740. The van der Waals surface area contributed by atoms with Crippen molar-refractivity contribution in [2.75, 3.05) is 13.1 Å². The quantitative estimate of drug-likeness (QED) is 0.333. The average molecular weight is 440 g/mol. The van der Waals surface area contributed by atoms with Crippen LogP contribution in [-0.4, -0.2) is 66.0 Å². The van der Waals surface area contributed by atoms with Gasteiger partial charge in [-0.1, -0.05) is 0 Å². The third-order valence-corrected chi connectivity index (χ3v) is 3.92. The Morgan fingerprint density at radius 2 is 1.58 bits per heavy atom. The Balaban J connectivity index is 2.71. The molecule has 0 aliphatic carbocycles. The van der Waals surface area contributed by atoms with Crippen LogP contribution in [0.5, 0.6) is 0 Å². The van der Waals surface area contributed by atoms with Crippen molar-refractivity contribution in [3.8, 4) is 0 Å². The molecule has 1 heterocycles. The predicted octanol–water partition coefficient (Wildman–Crippen LogP) is 1.42. The number of aliphatic imine (C=N–C) groups is 1. The van der Waals surface area contributed by atoms with E-state index in [9.17, 15) is 19.2 Å². The van der Waals surface area contributed by atoms with Gasteiger partial charge in [0, 0.05) is 19.1 Å². The van der Waals surface area contributed by atoms with Gasteiger partial charge in [0.15, 0.2) is 0 Å². The summed E-state index contributed by atoms with van der Waals surface area (Å²) in [6.07, 6.45) is 1.02. The molecule has 0 radical (unpaired) electrons. The number of nitrogens with two attached hydrogens (primary N) is 1. The van der Waals surface area contributed by atoms with Gasteiger partial charge >= 0.3 is 12.2 Å². The molecule has 31 heavy (non-hydrogen) atoms. The Labute approximate surface area is 182 Å². The van der Waals surface area contributed by atoms with E-state index in [1.807, 2.05) is 0 Å². The molecule has 0 aromatic heterocycles. The monoisotopic (exact) mass is 439 g/mol. The summed E-state index contributed by atoms with van der Waals surface area (Å²) in [6.45, 7) is 11.3. The van der Waals surface area contributed by atoms with Crippen molar-refractivity contribution < 1.29 is 28.7 Å². The number of rotatable bonds is 5. The Morgan fingerprint density at radius 1 is 1.03 bits per heavy atom. The molecule has 1 aliphatic heterocycles. The third-order valence-electron chi connectivity index (χ3n) is 3.92. The van der Waals surface area contributed by atoms with Gasteiger partial charge in [0.25, 0.3) is 5.91 Å². The fourth-order valence-corrected chi connectivity index (χ4v) is 2.57. The van der Waals surface area contributed by atoms with Crippen molar-refractivity contribution in [2.45, 2.75) is 71.6 Å². The zero-order valence-corrected chi connectivity index (χ0v) is 19.0. The first-order valence-corrected chi connectivity index (χ1v) is 9.97. The molecule has 0 spiro atoms. The van der Waals surface area contributed by atoms with Crippen molar-refractivity contribution in [3.63, 3.8) is 0 Å². The summed E-state index contributed by atoms with van der Waals surface area (Å²) in [5.41, 5.74) is 4.07. The minimum absolute atomic E-state index is 0.135. The zero-order valence-electron chi connectivity index (χ0n) is 19.0. The smallest absolute Gasteiger partial charge is 0.434 e. The third kappa shape index (κ3) is 9.96. The summed E-state index contributed by atoms with van der Waals surface area (Å²) in [4.78, 5) is 52.3. The molecule has 11 heteroatoms. The maximum atomic E-state index is 12.5. The molecule has 4 N–H and O–H groups in total. The van der Waals surface area contributed by atoms with Crippen molar-refractivity contribution in [3.05, 3.63) is 11.4 Å². The van der Waals surface area contributed by atoms with Crippen molar-refractivity contribution in [1.82, 2.24) is 15.5 Å². The molecular formula is C20H33N5O6. The number of carbonyl (C=O) groups is 4. The van der Waals surface area contributed by atoms with Gasteiger partial charge in [-0.05, 0) is 54.4 Å². The lowest BCUT2D eigenvalue weighted by Crippen LogP contribution is -2.48. The van der Waals surface area contributed by atoms with Crippen LogP contribution in [-0.2, 0) is 19.1 Å². The van der Waals surface area contributed by atoms with E-state index in [4.69, 9.17) is 15.2 Å². The van der Waals surface area contributed by atoms with Gasteiger partial charge in [-0.25, -0.2) is 9.59 Å². The van der Waals surface area contributed by atoms with Gasteiger partial charge in [0.2, 0.25) is 6.41 Å². The van der Waals surface area contributed by atoms with E-state index in [0.717, 1.165) is 6.21 Å². The highest BCUT2D eigenvalue weighted by Crippen LogP contribution is 2.16. The van der Waals surface area contributed by atoms with Crippen molar-refractivity contribution >= 4 is 30.7 Å². The van der Waals surface area contributed by atoms with Gasteiger partial charge in [-0.15, -0.1) is 0 Å². The summed E-state index contributed by atoms with van der Waals surface area (Å²) in [5, 5.41) is 5.01. The van der Waals surface area contributed by atoms with Crippen LogP contribution in [0.1, 0.15) is 54.4 Å². The topological polar surface area (TPSA) is 152 Å². The average Bonchev–Trinajstić information content (AvgIpc) is 2.62. The van der Waals surface area contributed by atoms with Crippen LogP contribution in [0.4, 0.5) is 9.59 Å². The molecule has 0 bridgehead atoms. The molecular weight excluding hydrogens is 406 g/mol. The molecule has 1 saturated heterocycles. The second-order valence-electron chi connectivity index (χ2n) is 9.04. The fourth-order valence-electron chi connectivity index (χ4n) is 2.57. The van der Waals surface area contributed by atoms with E-state index in [1.165, 1.54) is 0 Å². The molecule has 1 rings (SSSR count). The van der Waals surface area contributed by atoms with Crippen LogP contribution in [0.15, 0.2) is 16.4 Å². The molecule has 1 aliphatic rings. The molecule has 11 nitrogen and oxygen atoms in total. The highest BCUT2D eigenvalue weighted by Gasteiger charge is 2.28. The van der Waals surface area contributed by atoms with Crippen molar-refractivity contribution in [2.24, 2.45) is 10.7 Å². The van der Waals surface area contributed by atoms with Gasteiger partial charge in [-0.2, -0.15) is 4.99 Å². The molecule has 0 unspecified atom stereocenters. The van der Waals surface area contributed by atoms with Crippen LogP contribution in [0.2, 0.25) is 0 Å². The normalized spacial score (nSPS) is 16.4. The van der Waals surface area contributed by atoms with E-state index >= 15 is 0 Å². The maximum Gasteiger partial charge on any atom is 0.434 e. The van der Waals surface area contributed by atoms with E-state index in [0.29, 0.717) is 32.3 Å². The minimum atomic E-state index is -0.888. The molecule has 0 aromatic rings. The largest absolute Gasteiger partial charge is 0.444 e. The first kappa shape index (κ1) is 25.9. The van der Waals surface area contributed by atoms with Crippen molar-refractivity contribution in [1.29, 1.82) is 0 Å². The van der Waals surface area contributed by atoms with Crippen LogP contribution in [0.3, 0.4) is 0 Å². The second-order valence-corrected chi connectivity index (χ2v) is 9.04. The van der Waals surface area contributed by atoms with E-state index in [-0.39, 0.29) is 17.4 Å². The fraction of sp³-hybridized carbons (Fsp3) is 0.650. The number of piperidine rings is 1. The molecule has 174 valence electrons. The summed E-state index contributed by atoms with van der Waals surface area (Å²) < 4.78 is 10.4. The first-order chi connectivity index (χ1) is 14.2. The van der Waals surface area contributed by atoms with E-state index in [1.54, 1.807) is 46.4 Å².